The topological polar surface area (TPSA) is 40.5 Å². The van der Waals surface area contributed by atoms with Crippen molar-refractivity contribution in [3.8, 4) is 0 Å². The molecule has 1 aromatic heterocycles. The Kier molecular flexibility index (Phi) is 3.78. The van der Waals surface area contributed by atoms with E-state index in [1.54, 1.807) is 24.3 Å². The van der Waals surface area contributed by atoms with Crippen LogP contribution in [0.2, 0.25) is 0 Å². The molecule has 3 rings (SSSR count). The maximum atomic E-state index is 13.6. The molecule has 1 unspecified atom stereocenters. The molecule has 1 aliphatic heterocycles. The van der Waals surface area contributed by atoms with Gasteiger partial charge in [-0.25, -0.2) is 4.39 Å². The lowest BCUT2D eigenvalue weighted by molar-refractivity contribution is -0.144. The number of rotatable bonds is 3. The van der Waals surface area contributed by atoms with Crippen molar-refractivity contribution in [3.63, 3.8) is 0 Å². The number of nitrogens with zero attached hydrogens (tertiary/aromatic N) is 1. The molecule has 2 heterocycles. The van der Waals surface area contributed by atoms with Crippen molar-refractivity contribution >= 4 is 17.3 Å². The van der Waals surface area contributed by atoms with Gasteiger partial charge in [-0.1, -0.05) is 12.1 Å². The lowest BCUT2D eigenvalue weighted by atomic mass is 9.99. The van der Waals surface area contributed by atoms with Crippen molar-refractivity contribution in [2.24, 2.45) is 0 Å². The van der Waals surface area contributed by atoms with Gasteiger partial charge in [0.15, 0.2) is 0 Å². The minimum Gasteiger partial charge on any atom is -0.480 e. The van der Waals surface area contributed by atoms with Gasteiger partial charge in [0.2, 0.25) is 0 Å². The Morgan fingerprint density at radius 1 is 1.48 bits per heavy atom. The van der Waals surface area contributed by atoms with Crippen LogP contribution in [0.25, 0.3) is 0 Å². The van der Waals surface area contributed by atoms with Gasteiger partial charge in [-0.3, -0.25) is 9.69 Å². The van der Waals surface area contributed by atoms with Gasteiger partial charge in [-0.2, -0.15) is 0 Å². The molecule has 1 aromatic carbocycles. The number of halogens is 1. The molecule has 1 atom stereocenters. The van der Waals surface area contributed by atoms with E-state index < -0.39 is 12.0 Å². The summed E-state index contributed by atoms with van der Waals surface area (Å²) in [4.78, 5) is 14.7. The van der Waals surface area contributed by atoms with Gasteiger partial charge < -0.3 is 5.11 Å². The highest BCUT2D eigenvalue weighted by atomic mass is 32.1. The molecule has 0 fully saturated rings. The second-order valence-corrected chi connectivity index (χ2v) is 6.34. The third-order valence-corrected chi connectivity index (χ3v) is 4.92. The Labute approximate surface area is 126 Å². The summed E-state index contributed by atoms with van der Waals surface area (Å²) in [6, 6.07) is 6.35. The van der Waals surface area contributed by atoms with Crippen LogP contribution in [0.3, 0.4) is 0 Å². The van der Waals surface area contributed by atoms with Crippen molar-refractivity contribution in [1.29, 1.82) is 0 Å². The number of carboxylic acid groups (broad SMARTS) is 1. The van der Waals surface area contributed by atoms with Crippen LogP contribution in [0.1, 0.15) is 27.6 Å². The van der Waals surface area contributed by atoms with E-state index in [2.05, 4.69) is 0 Å². The average molecular weight is 305 g/mol. The maximum Gasteiger partial charge on any atom is 0.325 e. The van der Waals surface area contributed by atoms with Crippen LogP contribution in [0.4, 0.5) is 4.39 Å². The highest BCUT2D eigenvalue weighted by molar-refractivity contribution is 7.10. The first-order valence-corrected chi connectivity index (χ1v) is 7.72. The first kappa shape index (κ1) is 14.2. The minimum absolute atomic E-state index is 0.243. The normalized spacial score (nSPS) is 18.5. The fourth-order valence-electron chi connectivity index (χ4n) is 2.80. The standard InChI is InChI=1S/C16H16FNO2S/c1-10-2-3-11(8-13(10)17)9-18-6-4-14-12(5-7-21-14)15(18)16(19)20/h2-3,5,7-8,15H,4,6,9H2,1H3,(H,19,20). The third-order valence-electron chi connectivity index (χ3n) is 3.92. The quantitative estimate of drug-likeness (QED) is 0.945. The molecule has 0 saturated heterocycles. The molecule has 0 radical (unpaired) electrons. The highest BCUT2D eigenvalue weighted by Gasteiger charge is 2.33. The van der Waals surface area contributed by atoms with Crippen LogP contribution in [0.5, 0.6) is 0 Å². The van der Waals surface area contributed by atoms with Gasteiger partial charge in [-0.15, -0.1) is 11.3 Å². The molecule has 0 amide bonds. The van der Waals surface area contributed by atoms with Crippen molar-refractivity contribution in [2.45, 2.75) is 25.9 Å². The molecule has 21 heavy (non-hydrogen) atoms. The van der Waals surface area contributed by atoms with E-state index in [1.165, 1.54) is 6.07 Å². The van der Waals surface area contributed by atoms with Crippen molar-refractivity contribution < 1.29 is 14.3 Å². The smallest absolute Gasteiger partial charge is 0.325 e. The molecule has 1 aliphatic rings. The SMILES string of the molecule is Cc1ccc(CN2CCc3sccc3C2C(=O)O)cc1F. The number of thiophene rings is 1. The summed E-state index contributed by atoms with van der Waals surface area (Å²) in [5.74, 6) is -1.09. The van der Waals surface area contributed by atoms with E-state index >= 15 is 0 Å². The fourth-order valence-corrected chi connectivity index (χ4v) is 3.70. The summed E-state index contributed by atoms with van der Waals surface area (Å²) in [6.45, 7) is 2.85. The Morgan fingerprint density at radius 3 is 3.00 bits per heavy atom. The largest absolute Gasteiger partial charge is 0.480 e. The lowest BCUT2D eigenvalue weighted by Crippen LogP contribution is -2.38. The molecule has 0 bridgehead atoms. The first-order valence-electron chi connectivity index (χ1n) is 6.84. The number of aryl methyl sites for hydroxylation is 1. The predicted molar refractivity (Wildman–Crippen MR) is 79.9 cm³/mol. The van der Waals surface area contributed by atoms with E-state index in [4.69, 9.17) is 0 Å². The van der Waals surface area contributed by atoms with Crippen LogP contribution in [-0.2, 0) is 17.8 Å². The van der Waals surface area contributed by atoms with Gasteiger partial charge in [0.1, 0.15) is 11.9 Å². The molecule has 2 aromatic rings. The van der Waals surface area contributed by atoms with E-state index in [0.717, 1.165) is 22.4 Å². The zero-order chi connectivity index (χ0) is 15.0. The summed E-state index contributed by atoms with van der Waals surface area (Å²) < 4.78 is 13.6. The number of carbonyl (C=O) groups is 1. The van der Waals surface area contributed by atoms with E-state index in [1.807, 2.05) is 22.4 Å². The van der Waals surface area contributed by atoms with Crippen LogP contribution in [0, 0.1) is 12.7 Å². The number of carboxylic acids is 1. The van der Waals surface area contributed by atoms with Gasteiger partial charge >= 0.3 is 5.97 Å². The van der Waals surface area contributed by atoms with Gasteiger partial charge in [0.25, 0.3) is 0 Å². The number of fused-ring (bicyclic) bond motifs is 1. The zero-order valence-corrected chi connectivity index (χ0v) is 12.5. The predicted octanol–water partition coefficient (Wildman–Crippen LogP) is 3.38. The summed E-state index contributed by atoms with van der Waals surface area (Å²) in [5, 5.41) is 11.5. The van der Waals surface area contributed by atoms with E-state index in [0.29, 0.717) is 18.7 Å². The first-order chi connectivity index (χ1) is 10.1. The van der Waals surface area contributed by atoms with Crippen LogP contribution in [0.15, 0.2) is 29.6 Å². The van der Waals surface area contributed by atoms with E-state index in [-0.39, 0.29) is 5.82 Å². The Balaban J connectivity index is 1.88. The summed E-state index contributed by atoms with van der Waals surface area (Å²) in [7, 11) is 0. The number of benzene rings is 1. The number of hydrogen-bond donors (Lipinski definition) is 1. The molecular formula is C16H16FNO2S. The molecule has 0 aliphatic carbocycles. The molecule has 1 N–H and O–H groups in total. The maximum absolute atomic E-state index is 13.6. The molecule has 110 valence electrons. The monoisotopic (exact) mass is 305 g/mol. The Morgan fingerprint density at radius 2 is 2.29 bits per heavy atom. The van der Waals surface area contributed by atoms with Crippen LogP contribution >= 0.6 is 11.3 Å². The second kappa shape index (κ2) is 5.58. The molecular weight excluding hydrogens is 289 g/mol. The molecule has 5 heteroatoms. The molecule has 0 spiro atoms. The average Bonchev–Trinajstić information content (AvgIpc) is 2.90. The van der Waals surface area contributed by atoms with Crippen molar-refractivity contribution in [1.82, 2.24) is 4.90 Å². The zero-order valence-electron chi connectivity index (χ0n) is 11.7. The van der Waals surface area contributed by atoms with E-state index in [9.17, 15) is 14.3 Å². The van der Waals surface area contributed by atoms with Gasteiger partial charge in [0, 0.05) is 18.0 Å². The van der Waals surface area contributed by atoms with Crippen LogP contribution in [-0.4, -0.2) is 22.5 Å². The van der Waals surface area contributed by atoms with Crippen molar-refractivity contribution in [2.75, 3.05) is 6.54 Å². The van der Waals surface area contributed by atoms with Gasteiger partial charge in [0.05, 0.1) is 0 Å². The number of aliphatic carboxylic acids is 1. The van der Waals surface area contributed by atoms with Crippen molar-refractivity contribution in [3.05, 3.63) is 57.0 Å². The van der Waals surface area contributed by atoms with Gasteiger partial charge in [-0.05, 0) is 47.5 Å². The fraction of sp³-hybridized carbons (Fsp3) is 0.312. The number of hydrogen-bond acceptors (Lipinski definition) is 3. The highest BCUT2D eigenvalue weighted by Crippen LogP contribution is 2.34. The molecule has 0 saturated carbocycles. The Bertz CT molecular complexity index is 683. The summed E-state index contributed by atoms with van der Waals surface area (Å²) in [5.41, 5.74) is 2.29. The molecule has 3 nitrogen and oxygen atoms in total. The van der Waals surface area contributed by atoms with Crippen LogP contribution < -0.4 is 0 Å². The Hall–Kier alpha value is -1.72. The second-order valence-electron chi connectivity index (χ2n) is 5.34. The summed E-state index contributed by atoms with van der Waals surface area (Å²) >= 11 is 1.61. The third kappa shape index (κ3) is 2.71. The lowest BCUT2D eigenvalue weighted by Gasteiger charge is -2.33. The minimum atomic E-state index is -0.845. The summed E-state index contributed by atoms with van der Waals surface area (Å²) in [6.07, 6.45) is 0.852.